The molecule has 1 saturated heterocycles. The Kier molecular flexibility index (Phi) is 3.72. The molecule has 1 spiro atoms. The Balaban J connectivity index is 1.75. The van der Waals surface area contributed by atoms with Crippen LogP contribution in [0.15, 0.2) is 48.5 Å². The number of benzene rings is 2. The fourth-order valence-corrected chi connectivity index (χ4v) is 5.68. The molecule has 0 aromatic heterocycles. The van der Waals surface area contributed by atoms with Crippen LogP contribution in [0.1, 0.15) is 34.8 Å². The van der Waals surface area contributed by atoms with E-state index < -0.39 is 0 Å². The fourth-order valence-electron chi connectivity index (χ4n) is 3.75. The van der Waals surface area contributed by atoms with Crippen molar-refractivity contribution in [2.24, 2.45) is 0 Å². The molecule has 0 saturated carbocycles. The van der Waals surface area contributed by atoms with Gasteiger partial charge in [0, 0.05) is 9.77 Å². The molecule has 3 heteroatoms. The second kappa shape index (κ2) is 5.59. The number of likely N-dealkylation sites (tertiary alicyclic amines) is 1. The molecule has 0 radical (unpaired) electrons. The Bertz CT molecular complexity index is 674. The van der Waals surface area contributed by atoms with Crippen LogP contribution in [0.2, 0.25) is 5.02 Å². The molecular formula is C19H20ClNS. The third kappa shape index (κ3) is 2.38. The van der Waals surface area contributed by atoms with Crippen molar-refractivity contribution in [1.29, 1.82) is 0 Å². The fraction of sp³-hybridized carbons (Fsp3) is 0.368. The molecule has 1 fully saturated rings. The number of hydrogen-bond donors (Lipinski definition) is 0. The van der Waals surface area contributed by atoms with Crippen LogP contribution in [-0.2, 0) is 4.75 Å². The molecule has 2 aliphatic heterocycles. The molecule has 2 aliphatic rings. The van der Waals surface area contributed by atoms with Gasteiger partial charge in [-0.1, -0.05) is 48.0 Å². The highest BCUT2D eigenvalue weighted by Crippen LogP contribution is 2.61. The molecular weight excluding hydrogens is 310 g/mol. The van der Waals surface area contributed by atoms with Crippen molar-refractivity contribution in [3.8, 4) is 0 Å². The summed E-state index contributed by atoms with van der Waals surface area (Å²) >= 11 is 8.22. The standard InChI is InChI=1S/C19H20ClNS/c1-21-12-10-19(11-13-21)17-5-3-2-4-16(17)18(22-19)14-6-8-15(20)9-7-14/h2-9,18H,10-13H2,1H3. The predicted octanol–water partition coefficient (Wildman–Crippen LogP) is 5.10. The monoisotopic (exact) mass is 329 g/mol. The van der Waals surface area contributed by atoms with Gasteiger partial charge in [-0.25, -0.2) is 0 Å². The van der Waals surface area contributed by atoms with E-state index in [1.54, 1.807) is 5.56 Å². The first-order chi connectivity index (χ1) is 10.7. The second-order valence-electron chi connectivity index (χ2n) is 6.43. The van der Waals surface area contributed by atoms with E-state index in [2.05, 4.69) is 60.1 Å². The average Bonchev–Trinajstić information content (AvgIpc) is 2.87. The van der Waals surface area contributed by atoms with Crippen molar-refractivity contribution in [3.05, 3.63) is 70.2 Å². The maximum atomic E-state index is 6.06. The van der Waals surface area contributed by atoms with Crippen LogP contribution in [-0.4, -0.2) is 25.0 Å². The summed E-state index contributed by atoms with van der Waals surface area (Å²) in [6.07, 6.45) is 2.49. The molecule has 0 bridgehead atoms. The molecule has 1 atom stereocenters. The summed E-state index contributed by atoms with van der Waals surface area (Å²) in [5, 5.41) is 1.26. The van der Waals surface area contributed by atoms with Gasteiger partial charge in [-0.05, 0) is 61.8 Å². The average molecular weight is 330 g/mol. The highest BCUT2D eigenvalue weighted by atomic mass is 35.5. The van der Waals surface area contributed by atoms with Crippen molar-refractivity contribution in [1.82, 2.24) is 4.90 Å². The normalized spacial score (nSPS) is 23.6. The summed E-state index contributed by atoms with van der Waals surface area (Å²) in [4.78, 5) is 2.45. The Hall–Kier alpha value is -0.960. The van der Waals surface area contributed by atoms with Gasteiger partial charge in [-0.15, -0.1) is 11.8 Å². The molecule has 22 heavy (non-hydrogen) atoms. The lowest BCUT2D eigenvalue weighted by Gasteiger charge is -2.38. The minimum absolute atomic E-state index is 0.299. The molecule has 1 nitrogen and oxygen atoms in total. The van der Waals surface area contributed by atoms with Crippen LogP contribution in [0, 0.1) is 0 Å². The second-order valence-corrected chi connectivity index (χ2v) is 8.36. The van der Waals surface area contributed by atoms with Crippen LogP contribution in [0.25, 0.3) is 0 Å². The highest BCUT2D eigenvalue weighted by molar-refractivity contribution is 8.01. The summed E-state index contributed by atoms with van der Waals surface area (Å²) in [5.41, 5.74) is 4.44. The molecule has 114 valence electrons. The van der Waals surface area contributed by atoms with Gasteiger partial charge in [0.05, 0.1) is 5.25 Å². The zero-order chi connectivity index (χ0) is 15.2. The van der Waals surface area contributed by atoms with Crippen LogP contribution < -0.4 is 0 Å². The lowest BCUT2D eigenvalue weighted by Crippen LogP contribution is -2.37. The van der Waals surface area contributed by atoms with Gasteiger partial charge < -0.3 is 4.90 Å². The van der Waals surface area contributed by atoms with Gasteiger partial charge in [-0.3, -0.25) is 0 Å². The van der Waals surface area contributed by atoms with Crippen molar-refractivity contribution in [2.45, 2.75) is 22.8 Å². The van der Waals surface area contributed by atoms with Gasteiger partial charge in [0.1, 0.15) is 0 Å². The summed E-state index contributed by atoms with van der Waals surface area (Å²) in [6, 6.07) is 17.4. The van der Waals surface area contributed by atoms with Crippen molar-refractivity contribution in [2.75, 3.05) is 20.1 Å². The maximum absolute atomic E-state index is 6.06. The number of piperidine rings is 1. The third-order valence-corrected chi connectivity index (χ3v) is 7.14. The highest BCUT2D eigenvalue weighted by Gasteiger charge is 2.45. The number of thioether (sulfide) groups is 1. The van der Waals surface area contributed by atoms with E-state index in [1.807, 2.05) is 12.1 Å². The zero-order valence-electron chi connectivity index (χ0n) is 12.8. The molecule has 4 rings (SSSR count). The van der Waals surface area contributed by atoms with Gasteiger partial charge in [-0.2, -0.15) is 0 Å². The molecule has 2 aromatic rings. The minimum atomic E-state index is 0.299. The summed E-state index contributed by atoms with van der Waals surface area (Å²) < 4.78 is 0.299. The minimum Gasteiger partial charge on any atom is -0.306 e. The van der Waals surface area contributed by atoms with Gasteiger partial charge in [0.25, 0.3) is 0 Å². The van der Waals surface area contributed by atoms with Gasteiger partial charge >= 0.3 is 0 Å². The van der Waals surface area contributed by atoms with E-state index >= 15 is 0 Å². The van der Waals surface area contributed by atoms with Crippen molar-refractivity contribution in [3.63, 3.8) is 0 Å². The quantitative estimate of drug-likeness (QED) is 0.716. The first kappa shape index (κ1) is 14.6. The Morgan fingerprint density at radius 2 is 1.73 bits per heavy atom. The largest absolute Gasteiger partial charge is 0.306 e. The first-order valence-corrected chi connectivity index (χ1v) is 9.15. The Morgan fingerprint density at radius 3 is 2.45 bits per heavy atom. The number of halogens is 1. The summed E-state index contributed by atoms with van der Waals surface area (Å²) in [5.74, 6) is 0. The van der Waals surface area contributed by atoms with E-state index in [0.717, 1.165) is 5.02 Å². The number of fused-ring (bicyclic) bond motifs is 2. The van der Waals surface area contributed by atoms with Crippen LogP contribution in [0.4, 0.5) is 0 Å². The SMILES string of the molecule is CN1CCC2(CC1)SC(c1ccc(Cl)cc1)c1ccccc12. The molecule has 2 heterocycles. The lowest BCUT2D eigenvalue weighted by atomic mass is 9.84. The topological polar surface area (TPSA) is 3.24 Å². The van der Waals surface area contributed by atoms with E-state index in [0.29, 0.717) is 10.00 Å². The van der Waals surface area contributed by atoms with Crippen LogP contribution >= 0.6 is 23.4 Å². The molecule has 1 unspecified atom stereocenters. The van der Waals surface area contributed by atoms with E-state index in [9.17, 15) is 0 Å². The summed E-state index contributed by atoms with van der Waals surface area (Å²) in [7, 11) is 2.23. The molecule has 0 aliphatic carbocycles. The van der Waals surface area contributed by atoms with Gasteiger partial charge in [0.15, 0.2) is 0 Å². The Labute approximate surface area is 141 Å². The third-order valence-electron chi connectivity index (χ3n) is 5.05. The first-order valence-electron chi connectivity index (χ1n) is 7.89. The van der Waals surface area contributed by atoms with E-state index in [-0.39, 0.29) is 0 Å². The Morgan fingerprint density at radius 1 is 1.05 bits per heavy atom. The lowest BCUT2D eigenvalue weighted by molar-refractivity contribution is 0.241. The number of nitrogens with zero attached hydrogens (tertiary/aromatic N) is 1. The van der Waals surface area contributed by atoms with E-state index in [4.69, 9.17) is 11.6 Å². The number of rotatable bonds is 1. The van der Waals surface area contributed by atoms with Crippen molar-refractivity contribution >= 4 is 23.4 Å². The van der Waals surface area contributed by atoms with Crippen molar-refractivity contribution < 1.29 is 0 Å². The van der Waals surface area contributed by atoms with Gasteiger partial charge in [0.2, 0.25) is 0 Å². The zero-order valence-corrected chi connectivity index (χ0v) is 14.3. The summed E-state index contributed by atoms with van der Waals surface area (Å²) in [6.45, 7) is 2.38. The predicted molar refractivity (Wildman–Crippen MR) is 95.7 cm³/mol. The number of hydrogen-bond acceptors (Lipinski definition) is 2. The molecule has 0 N–H and O–H groups in total. The van der Waals surface area contributed by atoms with E-state index in [1.165, 1.54) is 37.1 Å². The maximum Gasteiger partial charge on any atom is 0.0558 e. The van der Waals surface area contributed by atoms with Crippen LogP contribution in [0.3, 0.4) is 0 Å². The smallest absolute Gasteiger partial charge is 0.0558 e. The van der Waals surface area contributed by atoms with Crippen LogP contribution in [0.5, 0.6) is 0 Å². The molecule has 2 aromatic carbocycles. The molecule has 0 amide bonds.